The summed E-state index contributed by atoms with van der Waals surface area (Å²) in [6, 6.07) is 7.19. The number of benzene rings is 1. The number of methoxy groups -OCH3 is 1. The van der Waals surface area contributed by atoms with Gasteiger partial charge in [-0.25, -0.2) is 0 Å². The van der Waals surface area contributed by atoms with Gasteiger partial charge in [-0.3, -0.25) is 0 Å². The Labute approximate surface area is 146 Å². The molecule has 7 heteroatoms. The van der Waals surface area contributed by atoms with E-state index in [2.05, 4.69) is 15.9 Å². The molecule has 0 saturated carbocycles. The molecule has 21 heavy (non-hydrogen) atoms. The summed E-state index contributed by atoms with van der Waals surface area (Å²) in [4.78, 5) is 0. The van der Waals surface area contributed by atoms with Gasteiger partial charge in [-0.05, 0) is 39.7 Å². The second kappa shape index (κ2) is 7.81. The zero-order valence-corrected chi connectivity index (χ0v) is 15.2. The average Bonchev–Trinajstić information content (AvgIpc) is 2.79. The Balaban J connectivity index is 2.17. The van der Waals surface area contributed by atoms with Crippen molar-refractivity contribution in [2.45, 2.75) is 6.04 Å². The lowest BCUT2D eigenvalue weighted by molar-refractivity contribution is 0.146. The molecule has 1 aromatic carbocycles. The minimum Gasteiger partial charge on any atom is -0.490 e. The van der Waals surface area contributed by atoms with Crippen LogP contribution in [0.3, 0.4) is 0 Å². The van der Waals surface area contributed by atoms with Gasteiger partial charge in [0.2, 0.25) is 0 Å². The van der Waals surface area contributed by atoms with Crippen LogP contribution < -0.4 is 10.5 Å². The topological polar surface area (TPSA) is 44.5 Å². The largest absolute Gasteiger partial charge is 0.490 e. The fraction of sp³-hybridized carbons (Fsp3) is 0.286. The van der Waals surface area contributed by atoms with Crippen LogP contribution in [0.25, 0.3) is 0 Å². The maximum absolute atomic E-state index is 6.25. The third kappa shape index (κ3) is 4.34. The van der Waals surface area contributed by atoms with E-state index in [4.69, 9.17) is 38.4 Å². The van der Waals surface area contributed by atoms with E-state index in [9.17, 15) is 0 Å². The summed E-state index contributed by atoms with van der Waals surface area (Å²) in [6.07, 6.45) is 0. The normalized spacial score (nSPS) is 12.4. The molecule has 1 aromatic heterocycles. The zero-order valence-electron chi connectivity index (χ0n) is 11.2. The molecule has 0 aliphatic rings. The molecule has 0 aliphatic carbocycles. The van der Waals surface area contributed by atoms with Gasteiger partial charge in [-0.2, -0.15) is 0 Å². The predicted octanol–water partition coefficient (Wildman–Crippen LogP) is 4.89. The zero-order chi connectivity index (χ0) is 15.4. The smallest absolute Gasteiger partial charge is 0.133 e. The van der Waals surface area contributed by atoms with Gasteiger partial charge < -0.3 is 15.2 Å². The molecule has 2 aromatic rings. The number of ether oxygens (including phenoxy) is 2. The molecule has 0 fully saturated rings. The molecule has 1 atom stereocenters. The van der Waals surface area contributed by atoms with Gasteiger partial charge in [0.15, 0.2) is 0 Å². The van der Waals surface area contributed by atoms with Crippen molar-refractivity contribution in [3.63, 3.8) is 0 Å². The molecule has 2 N–H and O–H groups in total. The number of hydrogen-bond donors (Lipinski definition) is 1. The van der Waals surface area contributed by atoms with Crippen molar-refractivity contribution in [1.82, 2.24) is 0 Å². The summed E-state index contributed by atoms with van der Waals surface area (Å²) < 4.78 is 12.6. The first-order valence-electron chi connectivity index (χ1n) is 6.14. The Kier molecular flexibility index (Phi) is 6.34. The first-order valence-corrected chi connectivity index (χ1v) is 8.51. The molecule has 1 unspecified atom stereocenters. The Bertz CT molecular complexity index is 621. The maximum Gasteiger partial charge on any atom is 0.133 e. The second-order valence-corrected chi connectivity index (χ2v) is 7.43. The van der Waals surface area contributed by atoms with E-state index in [-0.39, 0.29) is 6.04 Å². The van der Waals surface area contributed by atoms with Crippen molar-refractivity contribution in [3.8, 4) is 5.75 Å². The summed E-state index contributed by atoms with van der Waals surface area (Å²) in [5.41, 5.74) is 8.01. The third-order valence-corrected chi connectivity index (χ3v) is 5.02. The van der Waals surface area contributed by atoms with Crippen LogP contribution in [0.15, 0.2) is 28.7 Å². The van der Waals surface area contributed by atoms with Gasteiger partial charge in [0.1, 0.15) is 12.4 Å². The Morgan fingerprint density at radius 2 is 2.05 bits per heavy atom. The lowest BCUT2D eigenvalue weighted by atomic mass is 10.0. The monoisotopic (exact) mass is 409 g/mol. The van der Waals surface area contributed by atoms with E-state index in [0.717, 1.165) is 21.3 Å². The molecule has 3 nitrogen and oxygen atoms in total. The van der Waals surface area contributed by atoms with Gasteiger partial charge in [0.05, 0.1) is 25.8 Å². The maximum atomic E-state index is 6.25. The van der Waals surface area contributed by atoms with Crippen LogP contribution in [-0.2, 0) is 4.74 Å². The highest BCUT2D eigenvalue weighted by Gasteiger charge is 2.17. The fourth-order valence-corrected chi connectivity index (χ4v) is 3.87. The number of nitrogens with two attached hydrogens (primary N) is 1. The van der Waals surface area contributed by atoms with Crippen LogP contribution in [-0.4, -0.2) is 20.3 Å². The minimum atomic E-state index is -0.328. The molecule has 0 bridgehead atoms. The van der Waals surface area contributed by atoms with Crippen LogP contribution in [0.5, 0.6) is 5.75 Å². The van der Waals surface area contributed by atoms with Crippen LogP contribution in [0, 0.1) is 0 Å². The molecule has 0 spiro atoms. The third-order valence-electron chi connectivity index (χ3n) is 2.88. The Morgan fingerprint density at radius 3 is 2.62 bits per heavy atom. The van der Waals surface area contributed by atoms with Crippen molar-refractivity contribution >= 4 is 50.5 Å². The molecule has 114 valence electrons. The van der Waals surface area contributed by atoms with Gasteiger partial charge in [-0.1, -0.05) is 29.3 Å². The van der Waals surface area contributed by atoms with Crippen molar-refractivity contribution < 1.29 is 9.47 Å². The molecular weight excluding hydrogens is 397 g/mol. The Hall–Kier alpha value is -0.300. The fourth-order valence-electron chi connectivity index (χ4n) is 1.81. The molecular formula is C14H14BrCl2NO2S. The molecule has 0 aliphatic heterocycles. The van der Waals surface area contributed by atoms with Crippen LogP contribution in [0.1, 0.15) is 17.2 Å². The lowest BCUT2D eigenvalue weighted by Crippen LogP contribution is -2.11. The molecule has 0 amide bonds. The summed E-state index contributed by atoms with van der Waals surface area (Å²) in [5, 5.41) is 0. The number of halogens is 3. The van der Waals surface area contributed by atoms with Gasteiger partial charge in [-0.15, -0.1) is 11.3 Å². The Morgan fingerprint density at radius 1 is 1.29 bits per heavy atom. The van der Waals surface area contributed by atoms with Gasteiger partial charge in [0, 0.05) is 12.7 Å². The van der Waals surface area contributed by atoms with Crippen LogP contribution in [0.2, 0.25) is 8.67 Å². The highest BCUT2D eigenvalue weighted by molar-refractivity contribution is 9.10. The average molecular weight is 411 g/mol. The minimum absolute atomic E-state index is 0.328. The number of thiophene rings is 1. The van der Waals surface area contributed by atoms with Gasteiger partial charge in [0.25, 0.3) is 0 Å². The molecule has 2 rings (SSSR count). The van der Waals surface area contributed by atoms with E-state index in [0.29, 0.717) is 21.9 Å². The lowest BCUT2D eigenvalue weighted by Gasteiger charge is -2.14. The van der Waals surface area contributed by atoms with E-state index >= 15 is 0 Å². The standard InChI is InChI=1S/C14H14BrCl2NO2S/c1-19-4-5-20-11-3-2-8(6-10(11)15)13(18)9-7-12(16)21-14(9)17/h2-3,6-7,13H,4-5,18H2,1H3. The van der Waals surface area contributed by atoms with Crippen molar-refractivity contribution in [3.05, 3.63) is 48.5 Å². The van der Waals surface area contributed by atoms with Crippen molar-refractivity contribution in [1.29, 1.82) is 0 Å². The second-order valence-electron chi connectivity index (χ2n) is 4.29. The summed E-state index contributed by atoms with van der Waals surface area (Å²) in [5.74, 6) is 0.748. The van der Waals surface area contributed by atoms with Crippen LogP contribution >= 0.6 is 50.5 Å². The first-order chi connectivity index (χ1) is 10.0. The summed E-state index contributed by atoms with van der Waals surface area (Å²) >= 11 is 16.9. The van der Waals surface area contributed by atoms with E-state index in [1.165, 1.54) is 11.3 Å². The summed E-state index contributed by atoms with van der Waals surface area (Å²) in [7, 11) is 1.64. The van der Waals surface area contributed by atoms with Crippen molar-refractivity contribution in [2.75, 3.05) is 20.3 Å². The van der Waals surface area contributed by atoms with E-state index < -0.39 is 0 Å². The highest BCUT2D eigenvalue weighted by atomic mass is 79.9. The number of rotatable bonds is 6. The highest BCUT2D eigenvalue weighted by Crippen LogP contribution is 2.37. The SMILES string of the molecule is COCCOc1ccc(C(N)c2cc(Cl)sc2Cl)cc1Br. The summed E-state index contributed by atoms with van der Waals surface area (Å²) in [6.45, 7) is 1.03. The van der Waals surface area contributed by atoms with Gasteiger partial charge >= 0.3 is 0 Å². The van der Waals surface area contributed by atoms with Crippen molar-refractivity contribution in [2.24, 2.45) is 5.73 Å². The first kappa shape index (κ1) is 17.1. The molecule has 0 radical (unpaired) electrons. The number of hydrogen-bond acceptors (Lipinski definition) is 4. The molecule has 1 heterocycles. The van der Waals surface area contributed by atoms with Crippen LogP contribution in [0.4, 0.5) is 0 Å². The van der Waals surface area contributed by atoms with E-state index in [1.807, 2.05) is 18.2 Å². The van der Waals surface area contributed by atoms with E-state index in [1.54, 1.807) is 13.2 Å². The predicted molar refractivity (Wildman–Crippen MR) is 91.9 cm³/mol. The molecule has 0 saturated heterocycles. The quantitative estimate of drug-likeness (QED) is 0.689.